The Labute approximate surface area is 198 Å². The SMILES string of the molecule is COc1cc(C(=O)O)ccc1Nc1ncc(C(F)(F)F)c(NCc2nccnc2N(C)S(=O)[O-])n1. The predicted molar refractivity (Wildman–Crippen MR) is 117 cm³/mol. The zero-order chi connectivity index (χ0) is 25.8. The number of halogens is 3. The molecule has 0 fully saturated rings. The molecule has 3 aromatic rings. The monoisotopic (exact) mass is 512 g/mol. The van der Waals surface area contributed by atoms with Gasteiger partial charge in [-0.25, -0.2) is 14.8 Å². The molecule has 3 N–H and O–H groups in total. The van der Waals surface area contributed by atoms with Gasteiger partial charge in [-0.2, -0.15) is 18.2 Å². The number of methoxy groups -OCH3 is 1. The summed E-state index contributed by atoms with van der Waals surface area (Å²) >= 11 is -2.68. The molecule has 0 aliphatic rings. The average Bonchev–Trinajstić information content (AvgIpc) is 2.81. The molecule has 2 aromatic heterocycles. The molecule has 0 spiro atoms. The van der Waals surface area contributed by atoms with Gasteiger partial charge in [-0.05, 0) is 18.2 Å². The number of benzene rings is 1. The number of hydrogen-bond acceptors (Lipinski definition) is 10. The van der Waals surface area contributed by atoms with Crippen LogP contribution in [0.4, 0.5) is 36.4 Å². The van der Waals surface area contributed by atoms with Crippen LogP contribution in [0.3, 0.4) is 0 Å². The lowest BCUT2D eigenvalue weighted by atomic mass is 10.2. The Morgan fingerprint density at radius 2 is 1.97 bits per heavy atom. The summed E-state index contributed by atoms with van der Waals surface area (Å²) in [6.07, 6.45) is -1.75. The van der Waals surface area contributed by atoms with Gasteiger partial charge in [-0.15, -0.1) is 0 Å². The Morgan fingerprint density at radius 3 is 2.60 bits per heavy atom. The molecular formula is C19H17F3N7O5S-. The van der Waals surface area contributed by atoms with Crippen LogP contribution in [0.5, 0.6) is 5.75 Å². The predicted octanol–water partition coefficient (Wildman–Crippen LogP) is 2.58. The van der Waals surface area contributed by atoms with E-state index in [4.69, 9.17) is 9.84 Å². The number of carbonyl (C=O) groups is 1. The van der Waals surface area contributed by atoms with Crippen molar-refractivity contribution in [3.8, 4) is 5.75 Å². The molecule has 35 heavy (non-hydrogen) atoms. The van der Waals surface area contributed by atoms with E-state index in [-0.39, 0.29) is 41.0 Å². The van der Waals surface area contributed by atoms with Gasteiger partial charge in [-0.3, -0.25) is 13.5 Å². The van der Waals surface area contributed by atoms with Gasteiger partial charge in [-0.1, -0.05) is 0 Å². The van der Waals surface area contributed by atoms with Crippen LogP contribution >= 0.6 is 0 Å². The lowest BCUT2D eigenvalue weighted by Gasteiger charge is -2.22. The van der Waals surface area contributed by atoms with Gasteiger partial charge in [0.25, 0.3) is 0 Å². The van der Waals surface area contributed by atoms with Crippen molar-refractivity contribution >= 4 is 40.5 Å². The van der Waals surface area contributed by atoms with Crippen molar-refractivity contribution < 1.29 is 36.6 Å². The van der Waals surface area contributed by atoms with Crippen LogP contribution in [0, 0.1) is 0 Å². The minimum atomic E-state index is -4.81. The van der Waals surface area contributed by atoms with E-state index in [0.29, 0.717) is 6.20 Å². The fraction of sp³-hybridized carbons (Fsp3) is 0.211. The molecule has 0 saturated carbocycles. The first kappa shape index (κ1) is 25.6. The van der Waals surface area contributed by atoms with Crippen molar-refractivity contribution in [3.05, 3.63) is 53.6 Å². The molecule has 0 radical (unpaired) electrons. The van der Waals surface area contributed by atoms with Gasteiger partial charge in [0, 0.05) is 36.9 Å². The molecule has 12 nitrogen and oxygen atoms in total. The van der Waals surface area contributed by atoms with Gasteiger partial charge in [0.2, 0.25) is 5.95 Å². The van der Waals surface area contributed by atoms with Crippen LogP contribution in [0.25, 0.3) is 0 Å². The number of ether oxygens (including phenoxy) is 1. The second-order valence-electron chi connectivity index (χ2n) is 6.69. The first-order chi connectivity index (χ1) is 16.5. The van der Waals surface area contributed by atoms with Crippen molar-refractivity contribution in [2.45, 2.75) is 12.7 Å². The number of alkyl halides is 3. The van der Waals surface area contributed by atoms with E-state index in [1.807, 2.05) is 0 Å². The van der Waals surface area contributed by atoms with Crippen molar-refractivity contribution in [1.29, 1.82) is 0 Å². The molecule has 0 aliphatic carbocycles. The summed E-state index contributed by atoms with van der Waals surface area (Å²) in [4.78, 5) is 26.6. The number of rotatable bonds is 9. The van der Waals surface area contributed by atoms with Crippen LogP contribution in [-0.2, 0) is 24.0 Å². The lowest BCUT2D eigenvalue weighted by molar-refractivity contribution is -0.137. The van der Waals surface area contributed by atoms with Gasteiger partial charge in [0.15, 0.2) is 5.82 Å². The fourth-order valence-corrected chi connectivity index (χ4v) is 3.11. The molecule has 1 aromatic carbocycles. The highest BCUT2D eigenvalue weighted by atomic mass is 32.2. The number of carboxylic acids is 1. The summed E-state index contributed by atoms with van der Waals surface area (Å²) in [7, 11) is 2.49. The van der Waals surface area contributed by atoms with E-state index in [0.717, 1.165) is 4.31 Å². The number of aromatic carboxylic acids is 1. The van der Waals surface area contributed by atoms with E-state index in [1.54, 1.807) is 0 Å². The van der Waals surface area contributed by atoms with E-state index in [9.17, 15) is 26.7 Å². The second-order valence-corrected chi connectivity index (χ2v) is 7.68. The Balaban J connectivity index is 1.93. The quantitative estimate of drug-likeness (QED) is 0.361. The van der Waals surface area contributed by atoms with E-state index >= 15 is 0 Å². The number of aromatic nitrogens is 4. The molecule has 0 bridgehead atoms. The molecule has 1 atom stereocenters. The fourth-order valence-electron chi connectivity index (χ4n) is 2.82. The molecule has 0 amide bonds. The maximum Gasteiger partial charge on any atom is 0.421 e. The Kier molecular flexibility index (Phi) is 7.65. The smallest absolute Gasteiger partial charge is 0.421 e. The third-order valence-electron chi connectivity index (χ3n) is 4.49. The van der Waals surface area contributed by atoms with Gasteiger partial charge >= 0.3 is 12.1 Å². The van der Waals surface area contributed by atoms with E-state index in [2.05, 4.69) is 30.6 Å². The zero-order valence-electron chi connectivity index (χ0n) is 18.0. The molecule has 2 heterocycles. The minimum absolute atomic E-state index is 0.0476. The highest BCUT2D eigenvalue weighted by molar-refractivity contribution is 7.80. The van der Waals surface area contributed by atoms with Gasteiger partial charge in [0.1, 0.15) is 22.8 Å². The normalized spacial score (nSPS) is 12.1. The standard InChI is InChI=1S/C19H18F3N7O5S/c1-29(35(32)33)16-13(23-5-6-24-16)9-25-15-11(19(20,21)22)8-26-18(28-15)27-12-4-3-10(17(30)31)7-14(12)34-2/h3-8H,9H2,1-2H3,(H,30,31)(H,32,33)(H2,25,26,27,28)/p-1. The summed E-state index contributed by atoms with van der Waals surface area (Å²) in [5, 5.41) is 14.3. The zero-order valence-corrected chi connectivity index (χ0v) is 18.8. The van der Waals surface area contributed by atoms with Crippen LogP contribution in [-0.4, -0.2) is 53.9 Å². The third-order valence-corrected chi connectivity index (χ3v) is 5.11. The summed E-state index contributed by atoms with van der Waals surface area (Å²) in [6.45, 7) is -0.346. The minimum Gasteiger partial charge on any atom is -0.755 e. The van der Waals surface area contributed by atoms with E-state index in [1.165, 1.54) is 44.8 Å². The third kappa shape index (κ3) is 6.10. The molecule has 0 saturated heterocycles. The topological polar surface area (TPSA) is 166 Å². The molecule has 3 rings (SSSR count). The van der Waals surface area contributed by atoms with Gasteiger partial charge < -0.3 is 25.0 Å². The molecule has 16 heteroatoms. The Bertz CT molecular complexity index is 1260. The van der Waals surface area contributed by atoms with E-state index < -0.39 is 34.8 Å². The maximum atomic E-state index is 13.6. The molecule has 1 unspecified atom stereocenters. The summed E-state index contributed by atoms with van der Waals surface area (Å²) in [6, 6.07) is 3.84. The number of hydrogen-bond donors (Lipinski definition) is 3. The Morgan fingerprint density at radius 1 is 1.26 bits per heavy atom. The molecule has 186 valence electrons. The highest BCUT2D eigenvalue weighted by Crippen LogP contribution is 2.35. The summed E-state index contributed by atoms with van der Waals surface area (Å²) < 4.78 is 69.1. The van der Waals surface area contributed by atoms with Crippen molar-refractivity contribution in [1.82, 2.24) is 19.9 Å². The highest BCUT2D eigenvalue weighted by Gasteiger charge is 2.35. The van der Waals surface area contributed by atoms with Crippen LogP contribution in [0.1, 0.15) is 21.6 Å². The second kappa shape index (κ2) is 10.5. The number of nitrogens with one attached hydrogen (secondary N) is 2. The average molecular weight is 512 g/mol. The number of carboxylic acid groups (broad SMARTS) is 1. The maximum absolute atomic E-state index is 13.6. The Hall–Kier alpha value is -4.05. The molecular weight excluding hydrogens is 495 g/mol. The van der Waals surface area contributed by atoms with Crippen molar-refractivity contribution in [3.63, 3.8) is 0 Å². The van der Waals surface area contributed by atoms with Gasteiger partial charge in [0.05, 0.1) is 24.9 Å². The van der Waals surface area contributed by atoms with Crippen molar-refractivity contribution in [2.24, 2.45) is 0 Å². The first-order valence-electron chi connectivity index (χ1n) is 9.50. The van der Waals surface area contributed by atoms with Crippen molar-refractivity contribution in [2.75, 3.05) is 29.1 Å². The largest absolute Gasteiger partial charge is 0.755 e. The van der Waals surface area contributed by atoms with Crippen LogP contribution < -0.4 is 19.7 Å². The molecule has 0 aliphatic heterocycles. The summed E-state index contributed by atoms with van der Waals surface area (Å²) in [5.74, 6) is -2.04. The number of anilines is 4. The van der Waals surface area contributed by atoms with Crippen LogP contribution in [0.2, 0.25) is 0 Å². The first-order valence-corrected chi connectivity index (χ1v) is 10.5. The van der Waals surface area contributed by atoms with Crippen LogP contribution in [0.15, 0.2) is 36.8 Å². The summed E-state index contributed by atoms with van der Waals surface area (Å²) in [5.41, 5.74) is -0.986. The number of nitrogens with zero attached hydrogens (tertiary/aromatic N) is 5. The lowest BCUT2D eigenvalue weighted by Crippen LogP contribution is -2.23.